The Bertz CT molecular complexity index is 592. The van der Waals surface area contributed by atoms with Gasteiger partial charge in [0.1, 0.15) is 0 Å². The molecule has 0 heterocycles. The van der Waals surface area contributed by atoms with Crippen LogP contribution in [0.15, 0.2) is 30.3 Å². The highest BCUT2D eigenvalue weighted by Crippen LogP contribution is 2.31. The molecule has 1 aromatic rings. The molecule has 0 aliphatic carbocycles. The predicted molar refractivity (Wildman–Crippen MR) is 118 cm³/mol. The first-order valence-corrected chi connectivity index (χ1v) is 12.2. The van der Waals surface area contributed by atoms with Crippen LogP contribution in [0.25, 0.3) is 0 Å². The number of nitrogens with two attached hydrogens (primary N) is 1. The Morgan fingerprint density at radius 3 is 2.21 bits per heavy atom. The van der Waals surface area contributed by atoms with Gasteiger partial charge in [-0.25, -0.2) is 0 Å². The van der Waals surface area contributed by atoms with Crippen LogP contribution in [0.4, 0.5) is 0 Å². The third-order valence-corrected chi connectivity index (χ3v) is 6.29. The van der Waals surface area contributed by atoms with E-state index in [0.717, 1.165) is 51.8 Å². The van der Waals surface area contributed by atoms with Crippen molar-refractivity contribution >= 4 is 22.2 Å². The molecule has 1 atom stereocenters. The summed E-state index contributed by atoms with van der Waals surface area (Å²) in [6, 6.07) is 10.7. The Morgan fingerprint density at radius 2 is 1.75 bits per heavy atom. The number of ether oxygens (including phenoxy) is 1. The van der Waals surface area contributed by atoms with Crippen molar-refractivity contribution in [1.29, 1.82) is 0 Å². The van der Waals surface area contributed by atoms with Crippen LogP contribution < -0.4 is 5.73 Å². The molecular formula is C20H37NO5S2. The van der Waals surface area contributed by atoms with E-state index in [2.05, 4.69) is 55.3 Å². The highest BCUT2D eigenvalue weighted by atomic mass is 32.3. The number of benzene rings is 1. The summed E-state index contributed by atoms with van der Waals surface area (Å²) in [4.78, 5) is 0. The molecule has 6 nitrogen and oxygen atoms in total. The zero-order valence-electron chi connectivity index (χ0n) is 17.6. The fourth-order valence-corrected chi connectivity index (χ4v) is 3.70. The highest BCUT2D eigenvalue weighted by molar-refractivity contribution is 7.99. The molecule has 164 valence electrons. The molecule has 0 aromatic heterocycles. The number of hydrogen-bond donors (Lipinski definition) is 2. The lowest BCUT2D eigenvalue weighted by atomic mass is 9.91. The summed E-state index contributed by atoms with van der Waals surface area (Å²) in [5.41, 5.74) is 7.77. The van der Waals surface area contributed by atoms with E-state index >= 15 is 0 Å². The minimum atomic E-state index is -4.16. The molecule has 3 N–H and O–H groups in total. The molecule has 8 heteroatoms. The van der Waals surface area contributed by atoms with E-state index in [-0.39, 0.29) is 5.54 Å². The Balaban J connectivity index is 0.00000105. The predicted octanol–water partition coefficient (Wildman–Crippen LogP) is 4.62. The van der Waals surface area contributed by atoms with Crippen LogP contribution in [0.5, 0.6) is 0 Å². The van der Waals surface area contributed by atoms with Gasteiger partial charge in [0.2, 0.25) is 0 Å². The number of rotatable bonds is 13. The quantitative estimate of drug-likeness (QED) is 0.344. The zero-order chi connectivity index (χ0) is 21.5. The van der Waals surface area contributed by atoms with Crippen molar-refractivity contribution in [3.05, 3.63) is 35.9 Å². The molecule has 0 bridgehead atoms. The lowest BCUT2D eigenvalue weighted by Gasteiger charge is -2.27. The maximum Gasteiger partial charge on any atom is 0.397 e. The molecule has 1 unspecified atom stereocenters. The SMILES string of the molecule is CCCCOCC(SCCC(N)(CC)CC)c1ccccc1.COS(=O)(=O)O. The van der Waals surface area contributed by atoms with Gasteiger partial charge < -0.3 is 10.5 Å². The molecule has 0 amide bonds. The fourth-order valence-electron chi connectivity index (χ4n) is 2.35. The maximum atomic E-state index is 9.33. The second kappa shape index (κ2) is 15.2. The smallest absolute Gasteiger partial charge is 0.380 e. The molecule has 0 aliphatic heterocycles. The maximum absolute atomic E-state index is 9.33. The lowest BCUT2D eigenvalue weighted by molar-refractivity contribution is 0.132. The summed E-state index contributed by atoms with van der Waals surface area (Å²) in [6.07, 6.45) is 5.50. The summed E-state index contributed by atoms with van der Waals surface area (Å²) < 4.78 is 35.6. The van der Waals surface area contributed by atoms with E-state index < -0.39 is 10.4 Å². The minimum absolute atomic E-state index is 0.00267. The van der Waals surface area contributed by atoms with Crippen molar-refractivity contribution in [2.24, 2.45) is 5.73 Å². The van der Waals surface area contributed by atoms with Crippen LogP contribution in [-0.2, 0) is 19.3 Å². The number of thioether (sulfide) groups is 1. The van der Waals surface area contributed by atoms with Crippen molar-refractivity contribution in [1.82, 2.24) is 0 Å². The third-order valence-electron chi connectivity index (χ3n) is 4.62. The number of unbranched alkanes of at least 4 members (excludes halogenated alkanes) is 1. The molecule has 0 saturated carbocycles. The van der Waals surface area contributed by atoms with Gasteiger partial charge in [0.15, 0.2) is 0 Å². The molecule has 0 saturated heterocycles. The Kier molecular flexibility index (Phi) is 14.9. The number of hydrogen-bond acceptors (Lipinski definition) is 6. The van der Waals surface area contributed by atoms with Gasteiger partial charge in [-0.1, -0.05) is 57.5 Å². The Hall–Kier alpha value is -0.640. The van der Waals surface area contributed by atoms with Gasteiger partial charge in [-0.15, -0.1) is 0 Å². The van der Waals surface area contributed by atoms with Gasteiger partial charge in [0, 0.05) is 12.1 Å². The van der Waals surface area contributed by atoms with Crippen molar-refractivity contribution in [3.63, 3.8) is 0 Å². The summed E-state index contributed by atoms with van der Waals surface area (Å²) in [5.74, 6) is 1.09. The second-order valence-electron chi connectivity index (χ2n) is 6.61. The van der Waals surface area contributed by atoms with E-state index in [1.807, 2.05) is 11.8 Å². The van der Waals surface area contributed by atoms with E-state index in [9.17, 15) is 8.42 Å². The van der Waals surface area contributed by atoms with Crippen LogP contribution >= 0.6 is 11.8 Å². The first-order valence-electron chi connectivity index (χ1n) is 9.77. The van der Waals surface area contributed by atoms with Crippen molar-refractivity contribution in [2.45, 2.75) is 63.7 Å². The van der Waals surface area contributed by atoms with E-state index in [1.54, 1.807) is 0 Å². The molecule has 0 spiro atoms. The molecule has 28 heavy (non-hydrogen) atoms. The van der Waals surface area contributed by atoms with Gasteiger partial charge in [0.05, 0.1) is 19.0 Å². The van der Waals surface area contributed by atoms with Crippen LogP contribution in [0, 0.1) is 0 Å². The normalized spacial score (nSPS) is 12.9. The minimum Gasteiger partial charge on any atom is -0.380 e. The molecule has 0 aliphatic rings. The standard InChI is InChI=1S/C19H33NOS.CH4O4S/c1-4-7-14-21-16-18(17-11-9-8-10-12-17)22-15-13-19(20,5-2)6-3;1-5-6(2,3)4/h8-12,18H,4-7,13-16,20H2,1-3H3;1H3,(H,2,3,4). The summed E-state index contributed by atoms with van der Waals surface area (Å²) in [6.45, 7) is 8.24. The average Bonchev–Trinajstić information content (AvgIpc) is 2.70. The third kappa shape index (κ3) is 13.5. The Morgan fingerprint density at radius 1 is 1.18 bits per heavy atom. The zero-order valence-corrected chi connectivity index (χ0v) is 19.2. The Labute approximate surface area is 175 Å². The molecule has 0 fully saturated rings. The van der Waals surface area contributed by atoms with Gasteiger partial charge in [0.25, 0.3) is 0 Å². The van der Waals surface area contributed by atoms with E-state index in [1.165, 1.54) is 12.0 Å². The van der Waals surface area contributed by atoms with E-state index in [4.69, 9.17) is 15.0 Å². The summed E-state index contributed by atoms with van der Waals surface area (Å²) >= 11 is 1.99. The monoisotopic (exact) mass is 435 g/mol. The van der Waals surface area contributed by atoms with Gasteiger partial charge in [-0.3, -0.25) is 8.74 Å². The topological polar surface area (TPSA) is 98.9 Å². The summed E-state index contributed by atoms with van der Waals surface area (Å²) in [5, 5.41) is 0.413. The van der Waals surface area contributed by atoms with Crippen molar-refractivity contribution in [2.75, 3.05) is 26.1 Å². The fraction of sp³-hybridized carbons (Fsp3) is 0.700. The van der Waals surface area contributed by atoms with Gasteiger partial charge in [-0.05, 0) is 37.0 Å². The first-order chi connectivity index (χ1) is 13.2. The molecular weight excluding hydrogens is 398 g/mol. The second-order valence-corrected chi connectivity index (χ2v) is 9.11. The largest absolute Gasteiger partial charge is 0.397 e. The van der Waals surface area contributed by atoms with E-state index in [0.29, 0.717) is 5.25 Å². The average molecular weight is 436 g/mol. The highest BCUT2D eigenvalue weighted by Gasteiger charge is 2.21. The molecule has 0 radical (unpaired) electrons. The van der Waals surface area contributed by atoms with Crippen molar-refractivity contribution < 1.29 is 21.9 Å². The van der Waals surface area contributed by atoms with Crippen LogP contribution in [0.2, 0.25) is 0 Å². The van der Waals surface area contributed by atoms with Crippen molar-refractivity contribution in [3.8, 4) is 0 Å². The lowest BCUT2D eigenvalue weighted by Crippen LogP contribution is -2.38. The first kappa shape index (κ1) is 27.4. The van der Waals surface area contributed by atoms with Crippen LogP contribution in [0.3, 0.4) is 0 Å². The van der Waals surface area contributed by atoms with Crippen LogP contribution in [-0.4, -0.2) is 44.6 Å². The molecule has 1 rings (SSSR count). The van der Waals surface area contributed by atoms with Gasteiger partial charge >= 0.3 is 10.4 Å². The summed E-state index contributed by atoms with van der Waals surface area (Å²) in [7, 11) is -3.29. The molecule has 1 aromatic carbocycles. The van der Waals surface area contributed by atoms with Crippen LogP contribution in [0.1, 0.15) is 63.7 Å². The van der Waals surface area contributed by atoms with Gasteiger partial charge in [-0.2, -0.15) is 20.2 Å².